The van der Waals surface area contributed by atoms with Crippen LogP contribution in [-0.4, -0.2) is 70.1 Å². The zero-order chi connectivity index (χ0) is 16.6. The van der Waals surface area contributed by atoms with Crippen molar-refractivity contribution >= 4 is 17.7 Å². The summed E-state index contributed by atoms with van der Waals surface area (Å²) < 4.78 is 0. The third-order valence-corrected chi connectivity index (χ3v) is 3.69. The van der Waals surface area contributed by atoms with E-state index in [0.717, 1.165) is 37.9 Å². The highest BCUT2D eigenvalue weighted by Gasteiger charge is 2.19. The van der Waals surface area contributed by atoms with Gasteiger partial charge in [-0.3, -0.25) is 9.98 Å². The van der Waals surface area contributed by atoms with E-state index in [0.29, 0.717) is 19.0 Å². The molecule has 24 heavy (non-hydrogen) atoms. The van der Waals surface area contributed by atoms with Gasteiger partial charge in [-0.2, -0.15) is 0 Å². The van der Waals surface area contributed by atoms with Gasteiger partial charge in [-0.05, 0) is 6.07 Å². The molecule has 1 aliphatic heterocycles. The van der Waals surface area contributed by atoms with E-state index in [9.17, 15) is 0 Å². The number of rotatable bonds is 5. The lowest BCUT2D eigenvalue weighted by Gasteiger charge is -2.35. The summed E-state index contributed by atoms with van der Waals surface area (Å²) in [5.41, 5.74) is 6.08. The summed E-state index contributed by atoms with van der Waals surface area (Å²) in [7, 11) is 0. The maximum atomic E-state index is 6.08. The summed E-state index contributed by atoms with van der Waals surface area (Å²) in [4.78, 5) is 25.3. The zero-order valence-electron chi connectivity index (χ0n) is 13.4. The number of guanidine groups is 1. The average molecular weight is 327 g/mol. The van der Waals surface area contributed by atoms with Gasteiger partial charge in [0.1, 0.15) is 5.82 Å². The van der Waals surface area contributed by atoms with Crippen molar-refractivity contribution in [3.63, 3.8) is 0 Å². The molecule has 2 aromatic heterocycles. The first-order valence-corrected chi connectivity index (χ1v) is 7.89. The van der Waals surface area contributed by atoms with Crippen LogP contribution < -0.4 is 16.0 Å². The number of nitrogens with two attached hydrogens (primary N) is 1. The molecule has 9 nitrogen and oxygen atoms in total. The average Bonchev–Trinajstić information content (AvgIpc) is 2.67. The largest absolute Gasteiger partial charge is 0.370 e. The van der Waals surface area contributed by atoms with E-state index in [4.69, 9.17) is 5.73 Å². The molecule has 126 valence electrons. The molecule has 0 bridgehead atoms. The highest BCUT2D eigenvalue weighted by atomic mass is 15.4. The van der Waals surface area contributed by atoms with Gasteiger partial charge < -0.3 is 20.9 Å². The van der Waals surface area contributed by atoms with Crippen LogP contribution >= 0.6 is 0 Å². The van der Waals surface area contributed by atoms with Crippen molar-refractivity contribution < 1.29 is 0 Å². The predicted octanol–water partition coefficient (Wildman–Crippen LogP) is -0.185. The number of nitrogens with one attached hydrogen (secondary N) is 1. The van der Waals surface area contributed by atoms with Gasteiger partial charge in [0.15, 0.2) is 5.96 Å². The molecule has 1 saturated heterocycles. The number of aromatic nitrogens is 4. The Kier molecular flexibility index (Phi) is 5.33. The van der Waals surface area contributed by atoms with E-state index >= 15 is 0 Å². The van der Waals surface area contributed by atoms with Crippen LogP contribution in [-0.2, 0) is 0 Å². The van der Waals surface area contributed by atoms with Crippen LogP contribution in [0.3, 0.4) is 0 Å². The Labute approximate surface area is 140 Å². The van der Waals surface area contributed by atoms with Gasteiger partial charge in [-0.25, -0.2) is 15.0 Å². The fraction of sp³-hybridized carbons (Fsp3) is 0.400. The van der Waals surface area contributed by atoms with Crippen molar-refractivity contribution in [3.8, 4) is 0 Å². The fourth-order valence-electron chi connectivity index (χ4n) is 2.43. The molecule has 0 aromatic carbocycles. The maximum Gasteiger partial charge on any atom is 0.225 e. The molecular formula is C15H21N9. The molecule has 2 aromatic rings. The molecule has 0 aliphatic carbocycles. The summed E-state index contributed by atoms with van der Waals surface area (Å²) in [5, 5.41) is 3.15. The van der Waals surface area contributed by atoms with E-state index in [2.05, 4.69) is 40.0 Å². The second-order valence-electron chi connectivity index (χ2n) is 5.28. The van der Waals surface area contributed by atoms with Crippen molar-refractivity contribution in [1.82, 2.24) is 24.8 Å². The third kappa shape index (κ3) is 4.28. The minimum absolute atomic E-state index is 0.574. The fourth-order valence-corrected chi connectivity index (χ4v) is 2.43. The minimum atomic E-state index is 0.574. The quantitative estimate of drug-likeness (QED) is 0.442. The Morgan fingerprint density at radius 1 is 1.08 bits per heavy atom. The van der Waals surface area contributed by atoms with Crippen molar-refractivity contribution in [2.24, 2.45) is 10.7 Å². The van der Waals surface area contributed by atoms with E-state index in [-0.39, 0.29) is 0 Å². The molecular weight excluding hydrogens is 306 g/mol. The Morgan fingerprint density at radius 2 is 1.88 bits per heavy atom. The number of aliphatic imine (C=N–C) groups is 1. The molecule has 3 heterocycles. The molecule has 9 heteroatoms. The van der Waals surface area contributed by atoms with Crippen molar-refractivity contribution in [2.75, 3.05) is 49.5 Å². The normalized spacial score (nSPS) is 15.4. The minimum Gasteiger partial charge on any atom is -0.370 e. The van der Waals surface area contributed by atoms with E-state index in [1.54, 1.807) is 31.0 Å². The van der Waals surface area contributed by atoms with Gasteiger partial charge in [0, 0.05) is 57.5 Å². The summed E-state index contributed by atoms with van der Waals surface area (Å²) in [6, 6.07) is 1.82. The maximum absolute atomic E-state index is 6.08. The van der Waals surface area contributed by atoms with Crippen LogP contribution in [0.1, 0.15) is 0 Å². The van der Waals surface area contributed by atoms with Crippen LogP contribution in [0.5, 0.6) is 0 Å². The number of piperazine rings is 1. The lowest BCUT2D eigenvalue weighted by molar-refractivity contribution is 0.378. The lowest BCUT2D eigenvalue weighted by atomic mass is 10.3. The standard InChI is InChI=1S/C15H21N9/c16-14(20-7-6-19-13-12-17-4-5-18-13)23-8-10-24(11-9-23)15-21-2-1-3-22-15/h1-5,12H,6-11H2,(H2,16,20)(H,18,19). The smallest absolute Gasteiger partial charge is 0.225 e. The van der Waals surface area contributed by atoms with Crippen LogP contribution in [0, 0.1) is 0 Å². The van der Waals surface area contributed by atoms with E-state index < -0.39 is 0 Å². The molecule has 3 rings (SSSR count). The number of nitrogens with zero attached hydrogens (tertiary/aromatic N) is 7. The van der Waals surface area contributed by atoms with E-state index in [1.165, 1.54) is 0 Å². The second-order valence-corrected chi connectivity index (χ2v) is 5.28. The molecule has 0 unspecified atom stereocenters. The van der Waals surface area contributed by atoms with Crippen molar-refractivity contribution in [2.45, 2.75) is 0 Å². The van der Waals surface area contributed by atoms with Gasteiger partial charge in [-0.15, -0.1) is 0 Å². The predicted molar refractivity (Wildman–Crippen MR) is 92.8 cm³/mol. The summed E-state index contributed by atoms with van der Waals surface area (Å²) in [5.74, 6) is 2.08. The van der Waals surface area contributed by atoms with Crippen LogP contribution in [0.15, 0.2) is 42.0 Å². The van der Waals surface area contributed by atoms with Crippen LogP contribution in [0.2, 0.25) is 0 Å². The van der Waals surface area contributed by atoms with Gasteiger partial charge in [0.05, 0.1) is 12.7 Å². The lowest BCUT2D eigenvalue weighted by Crippen LogP contribution is -2.51. The Bertz CT molecular complexity index is 639. The van der Waals surface area contributed by atoms with Gasteiger partial charge >= 0.3 is 0 Å². The molecule has 0 saturated carbocycles. The second kappa shape index (κ2) is 8.04. The summed E-state index contributed by atoms with van der Waals surface area (Å²) in [6.45, 7) is 4.54. The van der Waals surface area contributed by atoms with Gasteiger partial charge in [0.2, 0.25) is 5.95 Å². The molecule has 0 radical (unpaired) electrons. The molecule has 0 atom stereocenters. The zero-order valence-corrected chi connectivity index (χ0v) is 13.4. The van der Waals surface area contributed by atoms with Crippen LogP contribution in [0.25, 0.3) is 0 Å². The Balaban J connectivity index is 1.42. The molecule has 0 spiro atoms. The van der Waals surface area contributed by atoms with Gasteiger partial charge in [-0.1, -0.05) is 0 Å². The topological polar surface area (TPSA) is 108 Å². The first-order valence-electron chi connectivity index (χ1n) is 7.89. The summed E-state index contributed by atoms with van der Waals surface area (Å²) in [6.07, 6.45) is 8.48. The van der Waals surface area contributed by atoms with E-state index in [1.807, 2.05) is 6.07 Å². The Hall–Kier alpha value is -2.97. The molecule has 3 N–H and O–H groups in total. The molecule has 0 amide bonds. The Morgan fingerprint density at radius 3 is 2.58 bits per heavy atom. The van der Waals surface area contributed by atoms with Crippen molar-refractivity contribution in [1.29, 1.82) is 0 Å². The highest BCUT2D eigenvalue weighted by molar-refractivity contribution is 5.78. The highest BCUT2D eigenvalue weighted by Crippen LogP contribution is 2.09. The monoisotopic (exact) mass is 327 g/mol. The molecule has 1 fully saturated rings. The third-order valence-electron chi connectivity index (χ3n) is 3.69. The number of anilines is 2. The first kappa shape index (κ1) is 15.9. The number of hydrogen-bond acceptors (Lipinski definition) is 7. The molecule has 1 aliphatic rings. The first-order chi connectivity index (χ1) is 11.8. The summed E-state index contributed by atoms with van der Waals surface area (Å²) >= 11 is 0. The SMILES string of the molecule is NC(=NCCNc1cnccn1)N1CCN(c2ncccn2)CC1. The van der Waals surface area contributed by atoms with Crippen molar-refractivity contribution in [3.05, 3.63) is 37.1 Å². The number of hydrogen-bond donors (Lipinski definition) is 2. The van der Waals surface area contributed by atoms with Crippen LogP contribution in [0.4, 0.5) is 11.8 Å². The van der Waals surface area contributed by atoms with Gasteiger partial charge in [0.25, 0.3) is 0 Å².